The SMILES string of the molecule is CC1CCCN(c2cc(Br)ccc2C#N)CC1. The lowest BCUT2D eigenvalue weighted by atomic mass is 10.0. The number of benzene rings is 1. The Hall–Kier alpha value is -1.01. The molecule has 1 aliphatic heterocycles. The van der Waals surface area contributed by atoms with Crippen LogP contribution in [0.5, 0.6) is 0 Å². The minimum atomic E-state index is 0.780. The van der Waals surface area contributed by atoms with Gasteiger partial charge in [0.25, 0.3) is 0 Å². The molecule has 1 unspecified atom stereocenters. The quantitative estimate of drug-likeness (QED) is 0.784. The van der Waals surface area contributed by atoms with E-state index in [4.69, 9.17) is 0 Å². The van der Waals surface area contributed by atoms with E-state index < -0.39 is 0 Å². The number of halogens is 1. The molecule has 0 saturated carbocycles. The highest BCUT2D eigenvalue weighted by Crippen LogP contribution is 2.28. The topological polar surface area (TPSA) is 27.0 Å². The Bertz CT molecular complexity index is 436. The van der Waals surface area contributed by atoms with Crippen molar-refractivity contribution in [3.8, 4) is 6.07 Å². The molecule has 1 saturated heterocycles. The van der Waals surface area contributed by atoms with Gasteiger partial charge in [0, 0.05) is 17.6 Å². The fourth-order valence-electron chi connectivity index (χ4n) is 2.36. The first-order valence-corrected chi connectivity index (χ1v) is 6.94. The molecular formula is C14H17BrN2. The summed E-state index contributed by atoms with van der Waals surface area (Å²) >= 11 is 3.49. The zero-order valence-electron chi connectivity index (χ0n) is 10.1. The summed E-state index contributed by atoms with van der Waals surface area (Å²) in [6.45, 7) is 4.44. The molecule has 0 radical (unpaired) electrons. The van der Waals surface area contributed by atoms with Gasteiger partial charge in [0.1, 0.15) is 6.07 Å². The van der Waals surface area contributed by atoms with Gasteiger partial charge in [0.2, 0.25) is 0 Å². The minimum absolute atomic E-state index is 0.780. The van der Waals surface area contributed by atoms with E-state index in [0.717, 1.165) is 34.7 Å². The number of rotatable bonds is 1. The summed E-state index contributed by atoms with van der Waals surface area (Å²) in [6, 6.07) is 8.18. The zero-order chi connectivity index (χ0) is 12.3. The van der Waals surface area contributed by atoms with Crippen LogP contribution >= 0.6 is 15.9 Å². The van der Waals surface area contributed by atoms with Crippen molar-refractivity contribution in [1.82, 2.24) is 0 Å². The van der Waals surface area contributed by atoms with E-state index in [1.807, 2.05) is 12.1 Å². The summed E-state index contributed by atoms with van der Waals surface area (Å²) < 4.78 is 1.05. The summed E-state index contributed by atoms with van der Waals surface area (Å²) in [5.74, 6) is 0.803. The van der Waals surface area contributed by atoms with Crippen molar-refractivity contribution in [2.45, 2.75) is 26.2 Å². The lowest BCUT2D eigenvalue weighted by Gasteiger charge is -2.24. The molecule has 1 atom stereocenters. The Morgan fingerprint density at radius 1 is 1.35 bits per heavy atom. The molecule has 1 aromatic carbocycles. The summed E-state index contributed by atoms with van der Waals surface area (Å²) in [4.78, 5) is 2.35. The Morgan fingerprint density at radius 2 is 2.18 bits per heavy atom. The predicted octanol–water partition coefficient (Wildman–Crippen LogP) is 3.95. The lowest BCUT2D eigenvalue weighted by molar-refractivity contribution is 0.521. The van der Waals surface area contributed by atoms with Crippen molar-refractivity contribution in [2.75, 3.05) is 18.0 Å². The Labute approximate surface area is 111 Å². The van der Waals surface area contributed by atoms with Gasteiger partial charge in [-0.2, -0.15) is 5.26 Å². The van der Waals surface area contributed by atoms with E-state index in [-0.39, 0.29) is 0 Å². The van der Waals surface area contributed by atoms with Crippen LogP contribution in [0, 0.1) is 17.2 Å². The third kappa shape index (κ3) is 3.01. The summed E-state index contributed by atoms with van der Waals surface area (Å²) in [7, 11) is 0. The predicted molar refractivity (Wildman–Crippen MR) is 74.1 cm³/mol. The van der Waals surface area contributed by atoms with E-state index >= 15 is 0 Å². The van der Waals surface area contributed by atoms with Gasteiger partial charge in [0.15, 0.2) is 0 Å². The highest BCUT2D eigenvalue weighted by molar-refractivity contribution is 9.10. The second-order valence-electron chi connectivity index (χ2n) is 4.80. The molecule has 2 rings (SSSR count). The minimum Gasteiger partial charge on any atom is -0.370 e. The molecule has 17 heavy (non-hydrogen) atoms. The number of nitrogens with zero attached hydrogens (tertiary/aromatic N) is 2. The lowest BCUT2D eigenvalue weighted by Crippen LogP contribution is -2.25. The molecule has 1 heterocycles. The largest absolute Gasteiger partial charge is 0.370 e. The van der Waals surface area contributed by atoms with E-state index in [1.54, 1.807) is 0 Å². The number of nitriles is 1. The van der Waals surface area contributed by atoms with E-state index in [2.05, 4.69) is 39.9 Å². The van der Waals surface area contributed by atoms with Crippen LogP contribution in [-0.2, 0) is 0 Å². The molecule has 3 heteroatoms. The molecule has 0 amide bonds. The van der Waals surface area contributed by atoms with Crippen LogP contribution in [0.25, 0.3) is 0 Å². The number of hydrogen-bond acceptors (Lipinski definition) is 2. The van der Waals surface area contributed by atoms with Crippen molar-refractivity contribution in [2.24, 2.45) is 5.92 Å². The maximum Gasteiger partial charge on any atom is 0.101 e. The molecule has 0 spiro atoms. The van der Waals surface area contributed by atoms with Gasteiger partial charge in [0.05, 0.1) is 11.3 Å². The summed E-state index contributed by atoms with van der Waals surface area (Å²) in [6.07, 6.45) is 3.74. The van der Waals surface area contributed by atoms with Crippen molar-refractivity contribution in [3.05, 3.63) is 28.2 Å². The monoisotopic (exact) mass is 292 g/mol. The first-order valence-electron chi connectivity index (χ1n) is 6.15. The Kier molecular flexibility index (Phi) is 4.06. The molecule has 1 aliphatic rings. The maximum absolute atomic E-state index is 9.17. The van der Waals surface area contributed by atoms with Gasteiger partial charge in [-0.1, -0.05) is 22.9 Å². The molecule has 1 aromatic rings. The zero-order valence-corrected chi connectivity index (χ0v) is 11.7. The first-order chi connectivity index (χ1) is 8.20. The fourth-order valence-corrected chi connectivity index (χ4v) is 2.71. The van der Waals surface area contributed by atoms with Crippen LogP contribution in [0.3, 0.4) is 0 Å². The third-order valence-electron chi connectivity index (χ3n) is 3.44. The van der Waals surface area contributed by atoms with Crippen molar-refractivity contribution in [1.29, 1.82) is 5.26 Å². The molecule has 0 aromatic heterocycles. The average Bonchev–Trinajstić information content (AvgIpc) is 2.54. The van der Waals surface area contributed by atoms with Gasteiger partial charge in [-0.3, -0.25) is 0 Å². The smallest absolute Gasteiger partial charge is 0.101 e. The normalized spacial score (nSPS) is 20.8. The van der Waals surface area contributed by atoms with Gasteiger partial charge in [-0.05, 0) is 43.4 Å². The summed E-state index contributed by atoms with van der Waals surface area (Å²) in [5, 5.41) is 9.17. The van der Waals surface area contributed by atoms with Crippen molar-refractivity contribution in [3.63, 3.8) is 0 Å². The molecule has 0 aliphatic carbocycles. The van der Waals surface area contributed by atoms with Gasteiger partial charge in [-0.15, -0.1) is 0 Å². The van der Waals surface area contributed by atoms with Crippen LogP contribution in [-0.4, -0.2) is 13.1 Å². The fraction of sp³-hybridized carbons (Fsp3) is 0.500. The van der Waals surface area contributed by atoms with E-state index in [9.17, 15) is 5.26 Å². The van der Waals surface area contributed by atoms with Crippen molar-refractivity contribution < 1.29 is 0 Å². The van der Waals surface area contributed by atoms with Crippen LogP contribution in [0.2, 0.25) is 0 Å². The molecular weight excluding hydrogens is 276 g/mol. The summed E-state index contributed by atoms with van der Waals surface area (Å²) in [5.41, 5.74) is 1.86. The van der Waals surface area contributed by atoms with Crippen molar-refractivity contribution >= 4 is 21.6 Å². The molecule has 90 valence electrons. The molecule has 0 N–H and O–H groups in total. The Balaban J connectivity index is 2.26. The second-order valence-corrected chi connectivity index (χ2v) is 5.71. The first kappa shape index (κ1) is 12.4. The Morgan fingerprint density at radius 3 is 2.94 bits per heavy atom. The van der Waals surface area contributed by atoms with Crippen LogP contribution in [0.15, 0.2) is 22.7 Å². The molecule has 2 nitrogen and oxygen atoms in total. The highest BCUT2D eigenvalue weighted by atomic mass is 79.9. The number of anilines is 1. The maximum atomic E-state index is 9.17. The van der Waals surface area contributed by atoms with Gasteiger partial charge in [-0.25, -0.2) is 0 Å². The highest BCUT2D eigenvalue weighted by Gasteiger charge is 2.16. The van der Waals surface area contributed by atoms with Gasteiger partial charge >= 0.3 is 0 Å². The second kappa shape index (κ2) is 5.55. The van der Waals surface area contributed by atoms with Crippen LogP contribution in [0.1, 0.15) is 31.7 Å². The van der Waals surface area contributed by atoms with Gasteiger partial charge < -0.3 is 4.90 Å². The van der Waals surface area contributed by atoms with E-state index in [0.29, 0.717) is 0 Å². The number of hydrogen-bond donors (Lipinski definition) is 0. The van der Waals surface area contributed by atoms with Crippen LogP contribution in [0.4, 0.5) is 5.69 Å². The van der Waals surface area contributed by atoms with E-state index in [1.165, 1.54) is 19.3 Å². The third-order valence-corrected chi connectivity index (χ3v) is 3.93. The standard InChI is InChI=1S/C14H17BrN2/c1-11-3-2-7-17(8-6-11)14-9-13(15)5-4-12(14)10-16/h4-5,9,11H,2-3,6-8H2,1H3. The molecule has 1 fully saturated rings. The molecule has 0 bridgehead atoms. The average molecular weight is 293 g/mol. The van der Waals surface area contributed by atoms with Crippen LogP contribution < -0.4 is 4.90 Å².